The number of carbonyl (C=O) groups excluding carboxylic acids is 3. The zero-order chi connectivity index (χ0) is 40.0. The second kappa shape index (κ2) is 18.3. The number of β-lactam (4-membered cyclic amide) rings is 1. The number of aromatic nitrogens is 3. The average molecular weight is 777 g/mol. The van der Waals surface area contributed by atoms with E-state index in [2.05, 4.69) is 56.8 Å². The second-order valence-corrected chi connectivity index (χ2v) is 18.0. The highest BCUT2D eigenvalue weighted by molar-refractivity contribution is 6.05. The van der Waals surface area contributed by atoms with Gasteiger partial charge in [-0.3, -0.25) is 9.89 Å². The minimum absolute atomic E-state index is 0.0227. The number of aromatic amines is 1. The lowest BCUT2D eigenvalue weighted by atomic mass is 9.48. The molecule has 2 aromatic heterocycles. The Morgan fingerprint density at radius 3 is 2.18 bits per heavy atom. The summed E-state index contributed by atoms with van der Waals surface area (Å²) >= 11 is 0. The Morgan fingerprint density at radius 2 is 1.55 bits per heavy atom. The first-order valence-corrected chi connectivity index (χ1v) is 22.1. The molecular weight excluding hydrogens is 709 g/mol. The Balaban J connectivity index is 1.34. The van der Waals surface area contributed by atoms with E-state index < -0.39 is 17.5 Å². The Bertz CT molecular complexity index is 1710. The van der Waals surface area contributed by atoms with Gasteiger partial charge in [-0.05, 0) is 68.6 Å². The Labute approximate surface area is 334 Å². The van der Waals surface area contributed by atoms with E-state index in [1.807, 2.05) is 0 Å². The fourth-order valence-corrected chi connectivity index (χ4v) is 11.0. The van der Waals surface area contributed by atoms with E-state index in [4.69, 9.17) is 25.8 Å². The molecule has 4 aliphatic rings. The third kappa shape index (κ3) is 8.21. The topological polar surface area (TPSA) is 132 Å². The first-order chi connectivity index (χ1) is 27.0. The van der Waals surface area contributed by atoms with E-state index in [1.54, 1.807) is 4.90 Å². The van der Waals surface area contributed by atoms with Crippen LogP contribution in [-0.4, -0.2) is 75.4 Å². The molecule has 1 spiro atoms. The van der Waals surface area contributed by atoms with Gasteiger partial charge in [-0.2, -0.15) is 0 Å². The quantitative estimate of drug-likeness (QED) is 0.0751. The zero-order valence-corrected chi connectivity index (χ0v) is 35.1. The third-order valence-corrected chi connectivity index (χ3v) is 14.0. The predicted molar refractivity (Wildman–Crippen MR) is 216 cm³/mol. The summed E-state index contributed by atoms with van der Waals surface area (Å²) in [5.41, 5.74) is -0.614. The van der Waals surface area contributed by atoms with Crippen molar-refractivity contribution in [1.29, 1.82) is 0 Å². The average Bonchev–Trinajstić information content (AvgIpc) is 3.73. The number of ether oxygens (including phenoxy) is 3. The van der Waals surface area contributed by atoms with Crippen molar-refractivity contribution in [2.75, 3.05) is 26.3 Å². The summed E-state index contributed by atoms with van der Waals surface area (Å²) < 4.78 is 19.2. The molecule has 2 saturated carbocycles. The van der Waals surface area contributed by atoms with Gasteiger partial charge in [0, 0.05) is 19.0 Å². The highest BCUT2D eigenvalue weighted by atomic mass is 16.6. The van der Waals surface area contributed by atoms with Gasteiger partial charge in [-0.15, -0.1) is 0 Å². The Hall–Kier alpha value is -3.59. The van der Waals surface area contributed by atoms with Crippen molar-refractivity contribution in [1.82, 2.24) is 24.8 Å². The number of unbranched alkanes of at least 4 members (excludes halogenated alkanes) is 8. The zero-order valence-electron chi connectivity index (χ0n) is 35.1. The molecule has 2 aliphatic carbocycles. The van der Waals surface area contributed by atoms with E-state index in [0.717, 1.165) is 77.0 Å². The van der Waals surface area contributed by atoms with Crippen LogP contribution >= 0.6 is 0 Å². The summed E-state index contributed by atoms with van der Waals surface area (Å²) in [6, 6.07) is 0. The lowest BCUT2D eigenvalue weighted by Crippen LogP contribution is -2.80. The number of nitrogens with zero attached hydrogens (tertiary/aromatic N) is 4. The molecule has 2 aliphatic heterocycles. The summed E-state index contributed by atoms with van der Waals surface area (Å²) in [7, 11) is 0. The SMILES string of the molecule is [C-]#[N+]c1c(C(=O)OC2C(C)CC(C)CC2C)c2nc(C3CCC(C)C4(C3)NC(=O)C4(CCCCCC)CCCCCCCC)[nH]n2c1OC(=O)N1CCOCC1. The van der Waals surface area contributed by atoms with E-state index in [1.165, 1.54) is 36.6 Å². The molecule has 2 aromatic rings. The number of amides is 2. The summed E-state index contributed by atoms with van der Waals surface area (Å²) in [5, 5.41) is 6.93. The van der Waals surface area contributed by atoms with E-state index >= 15 is 0 Å². The molecule has 2 saturated heterocycles. The molecule has 4 fully saturated rings. The van der Waals surface area contributed by atoms with Gasteiger partial charge in [0.25, 0.3) is 5.69 Å². The molecule has 6 rings (SSSR count). The van der Waals surface area contributed by atoms with E-state index in [9.17, 15) is 14.4 Å². The molecule has 12 nitrogen and oxygen atoms in total. The lowest BCUT2D eigenvalue weighted by molar-refractivity contribution is -0.170. The van der Waals surface area contributed by atoms with Crippen molar-refractivity contribution in [3.63, 3.8) is 0 Å². The van der Waals surface area contributed by atoms with Gasteiger partial charge in [0.15, 0.2) is 5.65 Å². The molecule has 2 amide bonds. The van der Waals surface area contributed by atoms with Crippen LogP contribution in [0.3, 0.4) is 0 Å². The summed E-state index contributed by atoms with van der Waals surface area (Å²) in [6.45, 7) is 23.0. The molecule has 0 radical (unpaired) electrons. The number of carbonyl (C=O) groups is 3. The van der Waals surface area contributed by atoms with Crippen molar-refractivity contribution in [2.45, 2.75) is 168 Å². The number of hydrogen-bond acceptors (Lipinski definition) is 7. The summed E-state index contributed by atoms with van der Waals surface area (Å²) in [4.78, 5) is 52.1. The van der Waals surface area contributed by atoms with Gasteiger partial charge >= 0.3 is 12.1 Å². The number of morpholine rings is 1. The molecule has 6 atom stereocenters. The maximum atomic E-state index is 14.3. The maximum absolute atomic E-state index is 14.3. The number of fused-ring (bicyclic) bond motifs is 1. The predicted octanol–water partition coefficient (Wildman–Crippen LogP) is 9.75. The molecule has 6 unspecified atom stereocenters. The van der Waals surface area contributed by atoms with Crippen LogP contribution in [0.1, 0.15) is 173 Å². The number of hydrogen-bond donors (Lipinski definition) is 2. The van der Waals surface area contributed by atoms with Crippen LogP contribution in [0.25, 0.3) is 10.5 Å². The number of esters is 1. The third-order valence-electron chi connectivity index (χ3n) is 14.0. The Kier molecular flexibility index (Phi) is 13.8. The molecule has 56 heavy (non-hydrogen) atoms. The highest BCUT2D eigenvalue weighted by Crippen LogP contribution is 2.59. The second-order valence-electron chi connectivity index (χ2n) is 18.0. The van der Waals surface area contributed by atoms with Gasteiger partial charge in [-0.1, -0.05) is 106 Å². The fourth-order valence-electron chi connectivity index (χ4n) is 11.0. The largest absolute Gasteiger partial charge is 0.459 e. The maximum Gasteiger partial charge on any atom is 0.415 e. The van der Waals surface area contributed by atoms with Crippen molar-refractivity contribution < 1.29 is 28.6 Å². The number of H-pyrrole nitrogens is 1. The van der Waals surface area contributed by atoms with Gasteiger partial charge in [-0.25, -0.2) is 23.9 Å². The molecule has 0 bridgehead atoms. The highest BCUT2D eigenvalue weighted by Gasteiger charge is 2.67. The minimum Gasteiger partial charge on any atom is -0.459 e. The van der Waals surface area contributed by atoms with Crippen LogP contribution in [-0.2, 0) is 14.3 Å². The van der Waals surface area contributed by atoms with Crippen molar-refractivity contribution >= 4 is 29.3 Å². The molecule has 4 heterocycles. The summed E-state index contributed by atoms with van der Waals surface area (Å²) in [6.07, 6.45) is 16.9. The molecular formula is C44H68N6O6. The summed E-state index contributed by atoms with van der Waals surface area (Å²) in [5.74, 6) is 1.31. The fraction of sp³-hybridized carbons (Fsp3) is 0.795. The van der Waals surface area contributed by atoms with Crippen LogP contribution in [0.4, 0.5) is 10.5 Å². The van der Waals surface area contributed by atoms with Crippen molar-refractivity contribution in [3.8, 4) is 5.88 Å². The van der Waals surface area contributed by atoms with Gasteiger partial charge < -0.3 is 24.4 Å². The van der Waals surface area contributed by atoms with E-state index in [0.29, 0.717) is 44.0 Å². The van der Waals surface area contributed by atoms with Gasteiger partial charge in [0.2, 0.25) is 11.8 Å². The standard InChI is InChI=1S/C44H68N6O6/c1-8-10-12-14-15-17-21-43(20-16-13-11-9-2)41(52)47-44(43)28-33(19-18-32(44)6)37-46-38-34(40(51)55-36-30(4)26-29(3)27-31(36)5)35(45-7)39(50(38)48-37)56-42(53)49-22-24-54-25-23-49/h29-33,36H,8-28H2,1-6H3,(H,46,48)(H,47,52). The first-order valence-electron chi connectivity index (χ1n) is 22.1. The smallest absolute Gasteiger partial charge is 0.415 e. The van der Waals surface area contributed by atoms with Crippen LogP contribution in [0, 0.1) is 35.7 Å². The molecule has 0 aromatic carbocycles. The monoisotopic (exact) mass is 777 g/mol. The number of nitrogens with one attached hydrogen (secondary N) is 2. The lowest BCUT2D eigenvalue weighted by Gasteiger charge is -2.64. The molecule has 12 heteroatoms. The van der Waals surface area contributed by atoms with Crippen LogP contribution in [0.5, 0.6) is 5.88 Å². The van der Waals surface area contributed by atoms with Gasteiger partial charge in [0.1, 0.15) is 17.5 Å². The Morgan fingerprint density at radius 1 is 0.929 bits per heavy atom. The minimum atomic E-state index is -0.622. The van der Waals surface area contributed by atoms with Crippen LogP contribution in [0.15, 0.2) is 0 Å². The van der Waals surface area contributed by atoms with Crippen molar-refractivity contribution in [3.05, 3.63) is 22.8 Å². The normalized spacial score (nSPS) is 30.5. The first kappa shape index (κ1) is 42.0. The number of rotatable bonds is 16. The molecule has 2 N–H and O–H groups in total. The van der Waals surface area contributed by atoms with E-state index in [-0.39, 0.29) is 58.1 Å². The van der Waals surface area contributed by atoms with Gasteiger partial charge in [0.05, 0.1) is 30.7 Å². The van der Waals surface area contributed by atoms with Crippen molar-refractivity contribution in [2.24, 2.45) is 29.1 Å². The van der Waals surface area contributed by atoms with Crippen LogP contribution < -0.4 is 10.1 Å². The molecule has 310 valence electrons. The van der Waals surface area contributed by atoms with Crippen LogP contribution in [0.2, 0.25) is 0 Å².